The van der Waals surface area contributed by atoms with Gasteiger partial charge in [-0.1, -0.05) is 0 Å². The van der Waals surface area contributed by atoms with E-state index in [1.54, 1.807) is 5.06 Å². The number of carbonyl (C=O) groups is 3. The lowest BCUT2D eigenvalue weighted by Crippen LogP contribution is -2.58. The molecule has 9 atom stereocenters. The second-order valence-corrected chi connectivity index (χ2v) is 14.3. The molecule has 12 heteroatoms. The Bertz CT molecular complexity index is 1100. The second-order valence-electron chi connectivity index (χ2n) is 14.3. The number of hydrogen-bond acceptors (Lipinski definition) is 12. The van der Waals surface area contributed by atoms with Crippen molar-refractivity contribution in [1.82, 2.24) is 15.0 Å². The van der Waals surface area contributed by atoms with Crippen molar-refractivity contribution in [3.8, 4) is 0 Å². The third-order valence-electron chi connectivity index (χ3n) is 11.6. The molecule has 6 fully saturated rings. The number of nitrogens with zero attached hydrogens (tertiary/aromatic N) is 3. The Morgan fingerprint density at radius 2 is 1.07 bits per heavy atom. The smallest absolute Gasteiger partial charge is 0.330 e. The first-order valence-electron chi connectivity index (χ1n) is 15.1. The van der Waals surface area contributed by atoms with Gasteiger partial charge in [0.05, 0.1) is 61.3 Å². The highest BCUT2D eigenvalue weighted by Gasteiger charge is 2.68. The van der Waals surface area contributed by atoms with Gasteiger partial charge in [0.25, 0.3) is 0 Å². The van der Waals surface area contributed by atoms with Crippen molar-refractivity contribution < 1.29 is 44.1 Å². The minimum atomic E-state index is -1.11. The molecule has 0 aromatic rings. The summed E-state index contributed by atoms with van der Waals surface area (Å²) in [6.07, 6.45) is 5.36. The highest BCUT2D eigenvalue weighted by atomic mass is 16.7. The van der Waals surface area contributed by atoms with E-state index in [1.807, 2.05) is 0 Å². The fraction of sp³-hybridized carbons (Fsp3) is 0.897. The van der Waals surface area contributed by atoms with Crippen LogP contribution in [0, 0.1) is 17.8 Å². The molecule has 0 aliphatic carbocycles. The molecule has 0 radical (unpaired) electrons. The van der Waals surface area contributed by atoms with Crippen LogP contribution in [0.15, 0.2) is 0 Å². The van der Waals surface area contributed by atoms with Crippen LogP contribution < -0.4 is 0 Å². The van der Waals surface area contributed by atoms with E-state index in [9.17, 15) is 29.7 Å². The molecule has 6 aliphatic heterocycles. The second kappa shape index (κ2) is 9.85. The predicted molar refractivity (Wildman–Crippen MR) is 142 cm³/mol. The SMILES string of the molecule is COC(=O)[C@H]1C[C@H]2CC[C@@]1(CO)N2OC(=O)[C@H]1C[C@H]2CC[C@@]1(CO)N2OC(=O)[C@H]1C[C@H]2CC[C@@]1(CO)N2C(C)(C)C. The number of aliphatic hydroxyl groups is 3. The van der Waals surface area contributed by atoms with Crippen LogP contribution in [0.25, 0.3) is 0 Å². The Balaban J connectivity index is 1.19. The van der Waals surface area contributed by atoms with Crippen LogP contribution in [-0.2, 0) is 28.8 Å². The van der Waals surface area contributed by atoms with Crippen LogP contribution in [0.4, 0.5) is 0 Å². The Labute approximate surface area is 240 Å². The number of methoxy groups -OCH3 is 1. The van der Waals surface area contributed by atoms with E-state index in [0.29, 0.717) is 51.4 Å². The van der Waals surface area contributed by atoms with E-state index in [-0.39, 0.29) is 43.5 Å². The van der Waals surface area contributed by atoms with E-state index in [1.165, 1.54) is 12.2 Å². The van der Waals surface area contributed by atoms with Crippen molar-refractivity contribution >= 4 is 17.9 Å². The van der Waals surface area contributed by atoms with Gasteiger partial charge in [0.15, 0.2) is 0 Å². The average Bonchev–Trinajstić information content (AvgIpc) is 3.79. The molecule has 0 aromatic carbocycles. The summed E-state index contributed by atoms with van der Waals surface area (Å²) in [4.78, 5) is 54.4. The van der Waals surface area contributed by atoms with E-state index >= 15 is 0 Å². The summed E-state index contributed by atoms with van der Waals surface area (Å²) >= 11 is 0. The predicted octanol–water partition coefficient (Wildman–Crippen LogP) is 0.521. The summed E-state index contributed by atoms with van der Waals surface area (Å²) in [6.45, 7) is 5.42. The first-order chi connectivity index (χ1) is 19.4. The summed E-state index contributed by atoms with van der Waals surface area (Å²) in [5.74, 6) is -3.26. The lowest BCUT2D eigenvalue weighted by molar-refractivity contribution is -0.241. The average molecular weight is 580 g/mol. The van der Waals surface area contributed by atoms with Gasteiger partial charge < -0.3 is 29.7 Å². The molecular formula is C29H45N3O9. The van der Waals surface area contributed by atoms with Crippen LogP contribution in [-0.4, -0.2) is 115 Å². The number of aliphatic hydroxyl groups excluding tert-OH is 3. The summed E-state index contributed by atoms with van der Waals surface area (Å²) in [7, 11) is 1.31. The molecule has 0 unspecified atom stereocenters. The molecule has 6 rings (SSSR count). The highest BCUT2D eigenvalue weighted by Crippen LogP contribution is 2.56. The monoisotopic (exact) mass is 579 g/mol. The zero-order valence-electron chi connectivity index (χ0n) is 24.6. The summed E-state index contributed by atoms with van der Waals surface area (Å²) in [5.41, 5.74) is -3.05. The summed E-state index contributed by atoms with van der Waals surface area (Å²) in [6, 6.07) is -0.255. The topological polar surface area (TPSA) is 149 Å². The zero-order chi connectivity index (χ0) is 29.5. The highest BCUT2D eigenvalue weighted by molar-refractivity contribution is 5.78. The third-order valence-corrected chi connectivity index (χ3v) is 11.6. The molecule has 230 valence electrons. The van der Waals surface area contributed by atoms with Gasteiger partial charge in [0, 0.05) is 23.7 Å². The maximum atomic E-state index is 13.8. The maximum Gasteiger partial charge on any atom is 0.330 e. The van der Waals surface area contributed by atoms with E-state index in [2.05, 4.69) is 25.7 Å². The quantitative estimate of drug-likeness (QED) is 0.344. The van der Waals surface area contributed by atoms with Crippen molar-refractivity contribution in [1.29, 1.82) is 0 Å². The van der Waals surface area contributed by atoms with Crippen LogP contribution in [0.1, 0.15) is 78.6 Å². The van der Waals surface area contributed by atoms with Gasteiger partial charge in [-0.15, -0.1) is 10.1 Å². The Kier molecular flexibility index (Phi) is 7.03. The van der Waals surface area contributed by atoms with Gasteiger partial charge >= 0.3 is 17.9 Å². The molecule has 6 bridgehead atoms. The zero-order valence-corrected chi connectivity index (χ0v) is 24.6. The number of carbonyl (C=O) groups excluding carboxylic acids is 3. The molecule has 12 nitrogen and oxygen atoms in total. The molecule has 0 aromatic heterocycles. The lowest BCUT2D eigenvalue weighted by atomic mass is 9.77. The Hall–Kier alpha value is -1.83. The first kappa shape index (κ1) is 29.3. The van der Waals surface area contributed by atoms with Crippen molar-refractivity contribution in [3.63, 3.8) is 0 Å². The van der Waals surface area contributed by atoms with Gasteiger partial charge in [-0.05, 0) is 78.6 Å². The van der Waals surface area contributed by atoms with Crippen molar-refractivity contribution in [3.05, 3.63) is 0 Å². The minimum absolute atomic E-state index is 0.139. The van der Waals surface area contributed by atoms with Gasteiger partial charge in [-0.2, -0.15) is 0 Å². The molecule has 0 saturated carbocycles. The molecule has 6 heterocycles. The molecule has 3 N–H and O–H groups in total. The van der Waals surface area contributed by atoms with Gasteiger partial charge in [-0.25, -0.2) is 9.59 Å². The third kappa shape index (κ3) is 3.90. The molecular weight excluding hydrogens is 534 g/mol. The molecule has 41 heavy (non-hydrogen) atoms. The number of esters is 1. The molecule has 6 saturated heterocycles. The first-order valence-corrected chi connectivity index (χ1v) is 15.1. The number of hydrogen-bond donors (Lipinski definition) is 3. The van der Waals surface area contributed by atoms with Crippen molar-refractivity contribution in [2.75, 3.05) is 26.9 Å². The van der Waals surface area contributed by atoms with E-state index in [4.69, 9.17) is 14.4 Å². The van der Waals surface area contributed by atoms with Gasteiger partial charge in [-0.3, -0.25) is 9.69 Å². The van der Waals surface area contributed by atoms with E-state index in [0.717, 1.165) is 6.42 Å². The van der Waals surface area contributed by atoms with Gasteiger partial charge in [0.1, 0.15) is 0 Å². The summed E-state index contributed by atoms with van der Waals surface area (Å²) in [5, 5.41) is 34.6. The fourth-order valence-electron chi connectivity index (χ4n) is 9.91. The Morgan fingerprint density at radius 3 is 1.51 bits per heavy atom. The minimum Gasteiger partial charge on any atom is -0.469 e. The standard InChI is InChI=1S/C29H45N3O9/c1-26(2,3)30-17-5-8-27(30,14-33)21(11-17)24(37)40-32-19-7-10-29(32,16-35)22(13-19)25(38)41-31-18-6-9-28(31,15-34)20(12-18)23(36)39-4/h17-22,33-35H,5-16H2,1-4H3/t17-,18-,19-,20-,21-,22-,27+,28+,29+/m1/s1. The lowest BCUT2D eigenvalue weighted by Gasteiger charge is -2.45. The molecule has 6 aliphatic rings. The summed E-state index contributed by atoms with van der Waals surface area (Å²) < 4.78 is 4.97. The maximum absolute atomic E-state index is 13.8. The van der Waals surface area contributed by atoms with Crippen molar-refractivity contribution in [2.24, 2.45) is 17.8 Å². The fourth-order valence-corrected chi connectivity index (χ4v) is 9.91. The normalized spacial score (nSPS) is 43.7. The Morgan fingerprint density at radius 1 is 0.683 bits per heavy atom. The van der Waals surface area contributed by atoms with Gasteiger partial charge in [0.2, 0.25) is 0 Å². The van der Waals surface area contributed by atoms with Crippen LogP contribution in [0.3, 0.4) is 0 Å². The number of fused-ring (bicyclic) bond motifs is 6. The molecule has 0 spiro atoms. The van der Waals surface area contributed by atoms with Crippen LogP contribution in [0.2, 0.25) is 0 Å². The van der Waals surface area contributed by atoms with Crippen LogP contribution in [0.5, 0.6) is 0 Å². The van der Waals surface area contributed by atoms with E-state index < -0.39 is 52.3 Å². The largest absolute Gasteiger partial charge is 0.469 e. The molecule has 0 amide bonds. The number of rotatable bonds is 8. The number of ether oxygens (including phenoxy) is 1. The van der Waals surface area contributed by atoms with Crippen molar-refractivity contribution in [2.45, 2.75) is 119 Å². The number of hydroxylamine groups is 4. The van der Waals surface area contributed by atoms with Crippen LogP contribution >= 0.6 is 0 Å².